The molecule has 1 N–H and O–H groups in total. The van der Waals surface area contributed by atoms with E-state index in [-0.39, 0.29) is 5.92 Å². The molecule has 3 heteroatoms. The molecule has 14 heavy (non-hydrogen) atoms. The summed E-state index contributed by atoms with van der Waals surface area (Å²) in [6, 6.07) is 0. The Morgan fingerprint density at radius 3 is 2.50 bits per heavy atom. The summed E-state index contributed by atoms with van der Waals surface area (Å²) in [5, 5.41) is 8.68. The van der Waals surface area contributed by atoms with Gasteiger partial charge in [0.05, 0.1) is 5.92 Å². The topological polar surface area (TPSA) is 46.5 Å². The fourth-order valence-corrected chi connectivity index (χ4v) is 1.17. The van der Waals surface area contributed by atoms with Crippen LogP contribution < -0.4 is 0 Å². The number of carboxylic acid groups (broad SMARTS) is 1. The molecule has 0 radical (unpaired) electrons. The summed E-state index contributed by atoms with van der Waals surface area (Å²) in [5.74, 6) is -0.473. The van der Waals surface area contributed by atoms with E-state index in [4.69, 9.17) is 9.84 Å². The molecule has 0 rings (SSSR count). The van der Waals surface area contributed by atoms with Crippen LogP contribution in [0.1, 0.15) is 40.0 Å². The zero-order valence-electron chi connectivity index (χ0n) is 9.45. The predicted octanol–water partition coefficient (Wildman–Crippen LogP) is 2.55. The summed E-state index contributed by atoms with van der Waals surface area (Å²) in [6.07, 6.45) is 2.71. The zero-order valence-corrected chi connectivity index (χ0v) is 9.45. The average Bonchev–Trinajstić information content (AvgIpc) is 2.14. The lowest BCUT2D eigenvalue weighted by Crippen LogP contribution is -2.13. The molecule has 2 atom stereocenters. The third-order valence-electron chi connectivity index (χ3n) is 2.26. The molecule has 0 heterocycles. The highest BCUT2D eigenvalue weighted by Crippen LogP contribution is 2.12. The van der Waals surface area contributed by atoms with Gasteiger partial charge in [-0.25, -0.2) is 0 Å². The van der Waals surface area contributed by atoms with Crippen molar-refractivity contribution in [3.05, 3.63) is 0 Å². The van der Waals surface area contributed by atoms with Gasteiger partial charge in [-0.1, -0.05) is 20.8 Å². The quantitative estimate of drug-likeness (QED) is 0.615. The molecule has 0 spiro atoms. The predicted molar refractivity (Wildman–Crippen MR) is 56.3 cm³/mol. The highest BCUT2D eigenvalue weighted by atomic mass is 16.5. The highest BCUT2D eigenvalue weighted by Gasteiger charge is 2.12. The van der Waals surface area contributed by atoms with Crippen molar-refractivity contribution >= 4 is 5.97 Å². The van der Waals surface area contributed by atoms with Gasteiger partial charge in [0.1, 0.15) is 0 Å². The minimum Gasteiger partial charge on any atom is -0.481 e. The Morgan fingerprint density at radius 2 is 2.00 bits per heavy atom. The van der Waals surface area contributed by atoms with Crippen LogP contribution in [0.25, 0.3) is 0 Å². The molecular formula is C11H22O3. The van der Waals surface area contributed by atoms with Gasteiger partial charge in [-0.2, -0.15) is 0 Å². The average molecular weight is 202 g/mol. The second-order valence-corrected chi connectivity index (χ2v) is 4.00. The lowest BCUT2D eigenvalue weighted by Gasteiger charge is -2.13. The van der Waals surface area contributed by atoms with E-state index in [1.54, 1.807) is 6.92 Å². The van der Waals surface area contributed by atoms with Crippen LogP contribution in [0.2, 0.25) is 0 Å². The van der Waals surface area contributed by atoms with E-state index < -0.39 is 5.97 Å². The first kappa shape index (κ1) is 13.4. The van der Waals surface area contributed by atoms with Crippen LogP contribution in [0, 0.1) is 11.8 Å². The molecule has 0 aromatic carbocycles. The van der Waals surface area contributed by atoms with Crippen LogP contribution >= 0.6 is 0 Å². The number of hydrogen-bond acceptors (Lipinski definition) is 2. The molecule has 0 aromatic heterocycles. The van der Waals surface area contributed by atoms with Gasteiger partial charge in [0.25, 0.3) is 0 Å². The summed E-state index contributed by atoms with van der Waals surface area (Å²) < 4.78 is 5.39. The van der Waals surface area contributed by atoms with Gasteiger partial charge in [0.15, 0.2) is 0 Å². The van der Waals surface area contributed by atoms with E-state index in [0.717, 1.165) is 32.5 Å². The molecule has 0 aliphatic carbocycles. The van der Waals surface area contributed by atoms with Gasteiger partial charge in [0, 0.05) is 13.2 Å². The third-order valence-corrected chi connectivity index (χ3v) is 2.26. The van der Waals surface area contributed by atoms with E-state index in [2.05, 4.69) is 13.8 Å². The summed E-state index contributed by atoms with van der Waals surface area (Å²) in [6.45, 7) is 7.49. The lowest BCUT2D eigenvalue weighted by molar-refractivity contribution is -0.141. The minimum atomic E-state index is -0.702. The molecule has 0 saturated heterocycles. The van der Waals surface area contributed by atoms with Crippen LogP contribution in [0.5, 0.6) is 0 Å². The molecule has 2 unspecified atom stereocenters. The summed E-state index contributed by atoms with van der Waals surface area (Å²) >= 11 is 0. The first-order chi connectivity index (χ1) is 6.57. The zero-order chi connectivity index (χ0) is 11.0. The first-order valence-electron chi connectivity index (χ1n) is 5.38. The van der Waals surface area contributed by atoms with Crippen molar-refractivity contribution in [1.82, 2.24) is 0 Å². The van der Waals surface area contributed by atoms with E-state index in [0.29, 0.717) is 5.92 Å². The van der Waals surface area contributed by atoms with Gasteiger partial charge in [-0.05, 0) is 25.2 Å². The Hall–Kier alpha value is -0.570. The molecule has 0 saturated carbocycles. The van der Waals surface area contributed by atoms with Crippen molar-refractivity contribution in [3.8, 4) is 0 Å². The van der Waals surface area contributed by atoms with Crippen LogP contribution in [0.3, 0.4) is 0 Å². The molecule has 3 nitrogen and oxygen atoms in total. The molecule has 0 fully saturated rings. The van der Waals surface area contributed by atoms with Gasteiger partial charge in [0.2, 0.25) is 0 Å². The maximum atomic E-state index is 10.5. The molecule has 0 aliphatic heterocycles. The Labute approximate surface area is 86.5 Å². The highest BCUT2D eigenvalue weighted by molar-refractivity contribution is 5.69. The van der Waals surface area contributed by atoms with Gasteiger partial charge >= 0.3 is 5.97 Å². The number of ether oxygens (including phenoxy) is 1. The Morgan fingerprint density at radius 1 is 1.36 bits per heavy atom. The van der Waals surface area contributed by atoms with Crippen LogP contribution in [-0.4, -0.2) is 24.3 Å². The maximum Gasteiger partial charge on any atom is 0.306 e. The number of hydrogen-bond donors (Lipinski definition) is 1. The van der Waals surface area contributed by atoms with Crippen molar-refractivity contribution in [3.63, 3.8) is 0 Å². The second-order valence-electron chi connectivity index (χ2n) is 4.00. The number of carboxylic acids is 1. The summed E-state index contributed by atoms with van der Waals surface area (Å²) in [4.78, 5) is 10.5. The molecular weight excluding hydrogens is 180 g/mol. The molecule has 84 valence electrons. The Kier molecular flexibility index (Phi) is 7.48. The molecule has 0 amide bonds. The smallest absolute Gasteiger partial charge is 0.306 e. The summed E-state index contributed by atoms with van der Waals surface area (Å²) in [5.41, 5.74) is 0. The Bertz CT molecular complexity index is 157. The molecule has 0 aromatic rings. The second kappa shape index (κ2) is 7.80. The van der Waals surface area contributed by atoms with Crippen molar-refractivity contribution in [2.75, 3.05) is 13.2 Å². The number of aliphatic carboxylic acids is 1. The van der Waals surface area contributed by atoms with Crippen LogP contribution in [0.15, 0.2) is 0 Å². The fraction of sp³-hybridized carbons (Fsp3) is 0.909. The summed E-state index contributed by atoms with van der Waals surface area (Å²) in [7, 11) is 0. The van der Waals surface area contributed by atoms with E-state index >= 15 is 0 Å². The van der Waals surface area contributed by atoms with Crippen molar-refractivity contribution in [1.29, 1.82) is 0 Å². The largest absolute Gasteiger partial charge is 0.481 e. The van der Waals surface area contributed by atoms with Crippen molar-refractivity contribution in [2.45, 2.75) is 40.0 Å². The normalized spacial score (nSPS) is 15.1. The van der Waals surface area contributed by atoms with E-state index in [9.17, 15) is 4.79 Å². The van der Waals surface area contributed by atoms with E-state index in [1.807, 2.05) is 0 Å². The number of rotatable bonds is 8. The van der Waals surface area contributed by atoms with Gasteiger partial charge in [-0.3, -0.25) is 4.79 Å². The van der Waals surface area contributed by atoms with E-state index in [1.165, 1.54) is 0 Å². The lowest BCUT2D eigenvalue weighted by atomic mass is 9.99. The van der Waals surface area contributed by atoms with Crippen molar-refractivity contribution < 1.29 is 14.6 Å². The molecule has 0 bridgehead atoms. The van der Waals surface area contributed by atoms with Crippen molar-refractivity contribution in [2.24, 2.45) is 11.8 Å². The van der Waals surface area contributed by atoms with Crippen LogP contribution in [-0.2, 0) is 9.53 Å². The van der Waals surface area contributed by atoms with Gasteiger partial charge in [-0.15, -0.1) is 0 Å². The SMILES string of the molecule is CCCOCC(C)CCC(C)C(=O)O. The fourth-order valence-electron chi connectivity index (χ4n) is 1.17. The Balaban J connectivity index is 3.43. The molecule has 0 aliphatic rings. The minimum absolute atomic E-state index is 0.233. The maximum absolute atomic E-state index is 10.5. The third kappa shape index (κ3) is 6.89. The van der Waals surface area contributed by atoms with Crippen LogP contribution in [0.4, 0.5) is 0 Å². The monoisotopic (exact) mass is 202 g/mol. The first-order valence-corrected chi connectivity index (χ1v) is 5.38. The standard InChI is InChI=1S/C11H22O3/c1-4-7-14-8-9(2)5-6-10(3)11(12)13/h9-10H,4-8H2,1-3H3,(H,12,13). The number of carbonyl (C=O) groups is 1. The van der Waals surface area contributed by atoms with Gasteiger partial charge < -0.3 is 9.84 Å².